The van der Waals surface area contributed by atoms with Gasteiger partial charge < -0.3 is 18.9 Å². The zero-order chi connectivity index (χ0) is 27.8. The molecule has 0 amide bonds. The third-order valence-electron chi connectivity index (χ3n) is 5.57. The molecule has 0 aliphatic rings. The van der Waals surface area contributed by atoms with E-state index >= 15 is 0 Å². The fraction of sp³-hybridized carbons (Fsp3) is 0.821. The molecule has 0 radical (unpaired) electrons. The lowest BCUT2D eigenvalue weighted by molar-refractivity contribution is -0.870. The van der Waals surface area contributed by atoms with Crippen LogP contribution in [0.25, 0.3) is 0 Å². The molecule has 37 heavy (non-hydrogen) atoms. The number of phosphoric ester groups is 1. The van der Waals surface area contributed by atoms with Crippen LogP contribution in [0.1, 0.15) is 90.9 Å². The third kappa shape index (κ3) is 26.4. The smallest absolute Gasteiger partial charge is 0.457 e. The number of allylic oxidation sites excluding steroid dienone is 4. The molecule has 2 unspecified atom stereocenters. The second-order valence-electron chi connectivity index (χ2n) is 10.4. The number of hydrogen-bond acceptors (Lipinski definition) is 6. The Morgan fingerprint density at radius 3 is 2.08 bits per heavy atom. The molecule has 0 bridgehead atoms. The van der Waals surface area contributed by atoms with E-state index in [2.05, 4.69) is 31.2 Å². The maximum Gasteiger partial charge on any atom is 0.472 e. The molecule has 0 aromatic heterocycles. The van der Waals surface area contributed by atoms with E-state index in [-0.39, 0.29) is 26.2 Å². The van der Waals surface area contributed by atoms with Crippen molar-refractivity contribution in [3.8, 4) is 0 Å². The quantitative estimate of drug-likeness (QED) is 0.0452. The Hall–Kier alpha value is -1.02. The topological polar surface area (TPSA) is 91.3 Å². The van der Waals surface area contributed by atoms with Crippen LogP contribution in [0.3, 0.4) is 0 Å². The summed E-state index contributed by atoms with van der Waals surface area (Å²) in [6.07, 6.45) is 21.3. The molecule has 218 valence electrons. The molecule has 0 saturated carbocycles. The first-order valence-corrected chi connectivity index (χ1v) is 15.6. The van der Waals surface area contributed by atoms with E-state index < -0.39 is 19.9 Å². The predicted molar refractivity (Wildman–Crippen MR) is 150 cm³/mol. The van der Waals surface area contributed by atoms with Gasteiger partial charge in [-0.2, -0.15) is 0 Å². The van der Waals surface area contributed by atoms with Crippen LogP contribution in [0.5, 0.6) is 0 Å². The average Bonchev–Trinajstić information content (AvgIpc) is 2.83. The highest BCUT2D eigenvalue weighted by Gasteiger charge is 2.26. The molecule has 0 rings (SSSR count). The first-order valence-electron chi connectivity index (χ1n) is 14.1. The van der Waals surface area contributed by atoms with E-state index in [1.807, 2.05) is 21.1 Å². The summed E-state index contributed by atoms with van der Waals surface area (Å²) in [5.41, 5.74) is 0. The van der Waals surface area contributed by atoms with Crippen LogP contribution >= 0.6 is 7.82 Å². The number of nitrogens with zero attached hydrogens (tertiary/aromatic N) is 1. The minimum absolute atomic E-state index is 0.0840. The van der Waals surface area contributed by atoms with Crippen LogP contribution in [0.15, 0.2) is 24.3 Å². The van der Waals surface area contributed by atoms with Crippen LogP contribution in [-0.4, -0.2) is 75.6 Å². The van der Waals surface area contributed by atoms with Crippen LogP contribution in [-0.2, 0) is 27.9 Å². The molecule has 0 heterocycles. The number of phosphoric acid groups is 1. The first-order chi connectivity index (χ1) is 17.6. The van der Waals surface area contributed by atoms with Crippen molar-refractivity contribution in [2.75, 3.05) is 54.1 Å². The Balaban J connectivity index is 3.94. The highest BCUT2D eigenvalue weighted by molar-refractivity contribution is 7.47. The number of hydrogen-bond donors (Lipinski definition) is 1. The SMILES string of the molecule is CCCC/C=C\C/C=C\CCCCCCCCOCC(COP(=O)(O)OCC[N+](C)(C)C)OC(=O)CC. The van der Waals surface area contributed by atoms with Gasteiger partial charge in [0.15, 0.2) is 0 Å². The van der Waals surface area contributed by atoms with Crippen LogP contribution in [0.4, 0.5) is 0 Å². The Labute approximate surface area is 226 Å². The van der Waals surface area contributed by atoms with Crippen molar-refractivity contribution in [1.82, 2.24) is 0 Å². The monoisotopic (exact) mass is 548 g/mol. The molecule has 0 fully saturated rings. The zero-order valence-corrected chi connectivity index (χ0v) is 25.1. The molecule has 0 saturated heterocycles. The normalized spacial score (nSPS) is 14.9. The van der Waals surface area contributed by atoms with Gasteiger partial charge in [-0.3, -0.25) is 13.8 Å². The lowest BCUT2D eigenvalue weighted by Gasteiger charge is -2.24. The predicted octanol–water partition coefficient (Wildman–Crippen LogP) is 6.59. The van der Waals surface area contributed by atoms with Crippen molar-refractivity contribution >= 4 is 13.8 Å². The van der Waals surface area contributed by atoms with Crippen molar-refractivity contribution < 1.29 is 37.3 Å². The summed E-state index contributed by atoms with van der Waals surface area (Å²) in [6, 6.07) is 0. The molecule has 0 aliphatic heterocycles. The molecule has 1 N–H and O–H groups in total. The molecular formula is C28H55NO7P+. The van der Waals surface area contributed by atoms with Crippen molar-refractivity contribution in [3.05, 3.63) is 24.3 Å². The Morgan fingerprint density at radius 2 is 1.46 bits per heavy atom. The number of ether oxygens (including phenoxy) is 2. The summed E-state index contributed by atoms with van der Waals surface area (Å²) in [4.78, 5) is 21.6. The minimum Gasteiger partial charge on any atom is -0.457 e. The number of esters is 1. The number of quaternary nitrogens is 1. The van der Waals surface area contributed by atoms with Crippen molar-refractivity contribution in [2.24, 2.45) is 0 Å². The fourth-order valence-corrected chi connectivity index (χ4v) is 3.99. The fourth-order valence-electron chi connectivity index (χ4n) is 3.25. The van der Waals surface area contributed by atoms with Crippen LogP contribution < -0.4 is 0 Å². The number of carbonyl (C=O) groups is 1. The number of unbranched alkanes of at least 4 members (excludes halogenated alkanes) is 8. The van der Waals surface area contributed by atoms with Gasteiger partial charge in [0.1, 0.15) is 19.3 Å². The van der Waals surface area contributed by atoms with Crippen molar-refractivity contribution in [3.63, 3.8) is 0 Å². The summed E-state index contributed by atoms with van der Waals surface area (Å²) >= 11 is 0. The molecule has 0 aromatic carbocycles. The lowest BCUT2D eigenvalue weighted by Crippen LogP contribution is -2.37. The van der Waals surface area contributed by atoms with Crippen molar-refractivity contribution in [2.45, 2.75) is 97.0 Å². The van der Waals surface area contributed by atoms with Gasteiger partial charge in [0.25, 0.3) is 0 Å². The number of carbonyl (C=O) groups excluding carboxylic acids is 1. The van der Waals surface area contributed by atoms with E-state index in [0.29, 0.717) is 17.6 Å². The van der Waals surface area contributed by atoms with Gasteiger partial charge in [-0.15, -0.1) is 0 Å². The lowest BCUT2D eigenvalue weighted by atomic mass is 10.1. The van der Waals surface area contributed by atoms with Gasteiger partial charge in [0, 0.05) is 13.0 Å². The van der Waals surface area contributed by atoms with Gasteiger partial charge in [0.05, 0.1) is 34.4 Å². The standard InChI is InChI=1S/C28H54NO7P/c1-6-8-9-10-11-12-13-14-15-16-17-18-19-20-21-23-33-25-27(36-28(30)7-2)26-35-37(31,32)34-24-22-29(3,4)5/h10-11,13-14,27H,6-9,12,15-26H2,1-5H3/p+1/b11-10-,14-13-. The van der Waals surface area contributed by atoms with Crippen LogP contribution in [0.2, 0.25) is 0 Å². The molecule has 0 aromatic rings. The summed E-state index contributed by atoms with van der Waals surface area (Å²) in [6.45, 7) is 4.95. The second-order valence-corrected chi connectivity index (χ2v) is 11.8. The maximum absolute atomic E-state index is 12.1. The second kappa shape index (κ2) is 22.9. The summed E-state index contributed by atoms with van der Waals surface area (Å²) < 4.78 is 33.7. The van der Waals surface area contributed by atoms with E-state index in [4.69, 9.17) is 18.5 Å². The molecule has 8 nitrogen and oxygen atoms in total. The van der Waals surface area contributed by atoms with E-state index in [1.54, 1.807) is 6.92 Å². The number of rotatable bonds is 25. The van der Waals surface area contributed by atoms with Gasteiger partial charge in [-0.1, -0.05) is 76.7 Å². The molecule has 0 aliphatic carbocycles. The largest absolute Gasteiger partial charge is 0.472 e. The first kappa shape index (κ1) is 36.0. The highest BCUT2D eigenvalue weighted by atomic mass is 31.2. The zero-order valence-electron chi connectivity index (χ0n) is 24.2. The van der Waals surface area contributed by atoms with Gasteiger partial charge in [0.2, 0.25) is 0 Å². The van der Waals surface area contributed by atoms with Gasteiger partial charge in [-0.05, 0) is 32.1 Å². The average molecular weight is 549 g/mol. The summed E-state index contributed by atoms with van der Waals surface area (Å²) in [5.74, 6) is -0.408. The molecule has 9 heteroatoms. The Bertz CT molecular complexity index is 661. The van der Waals surface area contributed by atoms with Crippen LogP contribution in [0, 0.1) is 0 Å². The van der Waals surface area contributed by atoms with Crippen molar-refractivity contribution in [1.29, 1.82) is 0 Å². The van der Waals surface area contributed by atoms with E-state index in [1.165, 1.54) is 44.9 Å². The third-order valence-corrected chi connectivity index (χ3v) is 6.55. The Morgan fingerprint density at radius 1 is 0.838 bits per heavy atom. The minimum atomic E-state index is -4.23. The van der Waals surface area contributed by atoms with E-state index in [0.717, 1.165) is 25.7 Å². The highest BCUT2D eigenvalue weighted by Crippen LogP contribution is 2.43. The number of likely N-dealkylation sites (N-methyl/N-ethyl adjacent to an activating group) is 1. The molecule has 0 spiro atoms. The summed E-state index contributed by atoms with van der Waals surface area (Å²) in [7, 11) is 1.65. The summed E-state index contributed by atoms with van der Waals surface area (Å²) in [5, 5.41) is 0. The maximum atomic E-state index is 12.1. The van der Waals surface area contributed by atoms with E-state index in [9.17, 15) is 14.3 Å². The molecular weight excluding hydrogens is 493 g/mol. The van der Waals surface area contributed by atoms with Gasteiger partial charge in [-0.25, -0.2) is 4.57 Å². The Kier molecular flexibility index (Phi) is 22.3. The molecule has 2 atom stereocenters. The van der Waals surface area contributed by atoms with Gasteiger partial charge >= 0.3 is 13.8 Å².